The number of carbonyl (C=O) groups is 2. The maximum atomic E-state index is 10.4. The monoisotopic (exact) mass is 243 g/mol. The van der Waals surface area contributed by atoms with Gasteiger partial charge in [0.25, 0.3) is 0 Å². The average molecular weight is 243 g/mol. The van der Waals surface area contributed by atoms with Crippen LogP contribution in [-0.2, 0) is 19.1 Å². The number of carbonyl (C=O) groups excluding carboxylic acids is 2. The fourth-order valence-electron chi connectivity index (χ4n) is 0.589. The van der Waals surface area contributed by atoms with Crippen LogP contribution < -0.4 is 0 Å². The highest BCUT2D eigenvalue weighted by Crippen LogP contribution is 1.80. The molecule has 0 aromatic heterocycles. The molecule has 5 heteroatoms. The van der Waals surface area contributed by atoms with Crippen molar-refractivity contribution in [3.05, 3.63) is 25.3 Å². The first-order valence-electron chi connectivity index (χ1n) is 5.21. The van der Waals surface area contributed by atoms with E-state index in [0.717, 1.165) is 18.7 Å². The van der Waals surface area contributed by atoms with Crippen LogP contribution in [0, 0.1) is 0 Å². The molecular formula is C12H21NO4. The van der Waals surface area contributed by atoms with Gasteiger partial charge in [-0.25, -0.2) is 9.59 Å². The van der Waals surface area contributed by atoms with Crippen molar-refractivity contribution in [1.29, 1.82) is 0 Å². The van der Waals surface area contributed by atoms with Crippen molar-refractivity contribution in [2.75, 3.05) is 33.9 Å². The molecule has 0 N–H and O–H groups in total. The zero-order chi connectivity index (χ0) is 13.7. The van der Waals surface area contributed by atoms with E-state index in [4.69, 9.17) is 4.74 Å². The minimum absolute atomic E-state index is 0.359. The standard InChI is InChI=1S/C7H13NO2.C5H8O2/c1-4-7(9)10-6-5-8(2)3;1-3-5(6)7-4-2/h4H,1,5-6H2,2-3H3;3H,1,4H2,2H3. The van der Waals surface area contributed by atoms with Crippen LogP contribution in [0.3, 0.4) is 0 Å². The van der Waals surface area contributed by atoms with Crippen LogP contribution in [0.25, 0.3) is 0 Å². The van der Waals surface area contributed by atoms with E-state index >= 15 is 0 Å². The van der Waals surface area contributed by atoms with E-state index in [-0.39, 0.29) is 11.9 Å². The van der Waals surface area contributed by atoms with Crippen molar-refractivity contribution in [3.8, 4) is 0 Å². The van der Waals surface area contributed by atoms with Gasteiger partial charge in [-0.15, -0.1) is 0 Å². The fraction of sp³-hybridized carbons (Fsp3) is 0.500. The van der Waals surface area contributed by atoms with Crippen LogP contribution in [0.4, 0.5) is 0 Å². The molecule has 0 saturated heterocycles. The summed E-state index contributed by atoms with van der Waals surface area (Å²) in [5.41, 5.74) is 0. The van der Waals surface area contributed by atoms with Crippen LogP contribution in [0.1, 0.15) is 6.92 Å². The Labute approximate surface area is 103 Å². The van der Waals surface area contributed by atoms with Crippen LogP contribution >= 0.6 is 0 Å². The Morgan fingerprint density at radius 2 is 1.59 bits per heavy atom. The second kappa shape index (κ2) is 12.4. The van der Waals surface area contributed by atoms with E-state index in [1.165, 1.54) is 0 Å². The van der Waals surface area contributed by atoms with Crippen molar-refractivity contribution >= 4 is 11.9 Å². The van der Waals surface area contributed by atoms with Crippen LogP contribution in [0.15, 0.2) is 25.3 Å². The van der Waals surface area contributed by atoms with Gasteiger partial charge in [-0.3, -0.25) is 0 Å². The largest absolute Gasteiger partial charge is 0.463 e. The maximum absolute atomic E-state index is 10.4. The first-order valence-corrected chi connectivity index (χ1v) is 5.21. The molecular weight excluding hydrogens is 222 g/mol. The molecule has 0 aromatic carbocycles. The summed E-state index contributed by atoms with van der Waals surface area (Å²) in [6, 6.07) is 0. The lowest BCUT2D eigenvalue weighted by molar-refractivity contribution is -0.138. The number of ether oxygens (including phenoxy) is 2. The highest BCUT2D eigenvalue weighted by Gasteiger charge is 1.94. The smallest absolute Gasteiger partial charge is 0.330 e. The summed E-state index contributed by atoms with van der Waals surface area (Å²) in [4.78, 5) is 22.4. The van der Waals surface area contributed by atoms with E-state index in [2.05, 4.69) is 17.9 Å². The number of rotatable bonds is 6. The summed E-state index contributed by atoms with van der Waals surface area (Å²) in [6.45, 7) is 9.83. The summed E-state index contributed by atoms with van der Waals surface area (Å²) in [5.74, 6) is -0.718. The molecule has 0 rings (SSSR count). The predicted molar refractivity (Wildman–Crippen MR) is 66.5 cm³/mol. The Balaban J connectivity index is 0. The number of esters is 2. The third kappa shape index (κ3) is 17.0. The Kier molecular flexibility index (Phi) is 13.0. The lowest BCUT2D eigenvalue weighted by Crippen LogP contribution is -2.19. The van der Waals surface area contributed by atoms with Crippen LogP contribution in [0.5, 0.6) is 0 Å². The second-order valence-electron chi connectivity index (χ2n) is 3.13. The first-order chi connectivity index (χ1) is 7.97. The normalized spacial score (nSPS) is 8.71. The van der Waals surface area contributed by atoms with E-state index in [1.54, 1.807) is 6.92 Å². The summed E-state index contributed by atoms with van der Waals surface area (Å²) in [6.07, 6.45) is 2.30. The van der Waals surface area contributed by atoms with Gasteiger partial charge in [0.05, 0.1) is 6.61 Å². The minimum atomic E-state index is -0.359. The topological polar surface area (TPSA) is 55.8 Å². The quantitative estimate of drug-likeness (QED) is 0.515. The summed E-state index contributed by atoms with van der Waals surface area (Å²) in [7, 11) is 3.84. The fourth-order valence-corrected chi connectivity index (χ4v) is 0.589. The molecule has 98 valence electrons. The Hall–Kier alpha value is -1.62. The highest BCUT2D eigenvalue weighted by molar-refractivity contribution is 5.81. The molecule has 0 heterocycles. The first kappa shape index (κ1) is 17.8. The molecule has 0 unspecified atom stereocenters. The third-order valence-electron chi connectivity index (χ3n) is 1.40. The van der Waals surface area contributed by atoms with Crippen molar-refractivity contribution in [2.24, 2.45) is 0 Å². The molecule has 0 amide bonds. The average Bonchev–Trinajstić information content (AvgIpc) is 2.29. The van der Waals surface area contributed by atoms with Crippen molar-refractivity contribution in [1.82, 2.24) is 4.90 Å². The van der Waals surface area contributed by atoms with E-state index < -0.39 is 0 Å². The number of hydrogen-bond donors (Lipinski definition) is 0. The van der Waals surface area contributed by atoms with E-state index in [0.29, 0.717) is 13.2 Å². The lowest BCUT2D eigenvalue weighted by atomic mass is 10.6. The van der Waals surface area contributed by atoms with Crippen LogP contribution in [0.2, 0.25) is 0 Å². The Morgan fingerprint density at radius 3 is 1.88 bits per heavy atom. The third-order valence-corrected chi connectivity index (χ3v) is 1.40. The van der Waals surface area contributed by atoms with Gasteiger partial charge in [0.15, 0.2) is 0 Å². The van der Waals surface area contributed by atoms with Gasteiger partial charge in [0.1, 0.15) is 6.61 Å². The Morgan fingerprint density at radius 1 is 1.12 bits per heavy atom. The molecule has 5 nitrogen and oxygen atoms in total. The second-order valence-corrected chi connectivity index (χ2v) is 3.13. The molecule has 0 aliphatic heterocycles. The van der Waals surface area contributed by atoms with Gasteiger partial charge < -0.3 is 14.4 Å². The predicted octanol–water partition coefficient (Wildman–Crippen LogP) is 1.01. The lowest BCUT2D eigenvalue weighted by Gasteiger charge is -2.07. The van der Waals surface area contributed by atoms with E-state index in [1.807, 2.05) is 19.0 Å². The molecule has 0 saturated carbocycles. The summed E-state index contributed by atoms with van der Waals surface area (Å²) >= 11 is 0. The zero-order valence-corrected chi connectivity index (χ0v) is 10.8. The van der Waals surface area contributed by atoms with Gasteiger partial charge in [-0.1, -0.05) is 13.2 Å². The molecule has 0 fully saturated rings. The van der Waals surface area contributed by atoms with Crippen molar-refractivity contribution < 1.29 is 19.1 Å². The van der Waals surface area contributed by atoms with Gasteiger partial charge in [0, 0.05) is 18.7 Å². The molecule has 0 spiro atoms. The zero-order valence-electron chi connectivity index (χ0n) is 10.8. The molecule has 0 aliphatic carbocycles. The van der Waals surface area contributed by atoms with Gasteiger partial charge in [-0.05, 0) is 21.0 Å². The minimum Gasteiger partial charge on any atom is -0.463 e. The van der Waals surface area contributed by atoms with Gasteiger partial charge in [-0.2, -0.15) is 0 Å². The maximum Gasteiger partial charge on any atom is 0.330 e. The molecule has 0 bridgehead atoms. The summed E-state index contributed by atoms with van der Waals surface area (Å²) < 4.78 is 9.14. The summed E-state index contributed by atoms with van der Waals surface area (Å²) in [5, 5.41) is 0. The molecule has 0 radical (unpaired) electrons. The molecule has 0 atom stereocenters. The van der Waals surface area contributed by atoms with E-state index in [9.17, 15) is 9.59 Å². The van der Waals surface area contributed by atoms with Gasteiger partial charge in [0.2, 0.25) is 0 Å². The number of nitrogens with zero attached hydrogens (tertiary/aromatic N) is 1. The van der Waals surface area contributed by atoms with Crippen molar-refractivity contribution in [2.45, 2.75) is 6.92 Å². The molecule has 0 aromatic rings. The Bertz CT molecular complexity index is 249. The van der Waals surface area contributed by atoms with Gasteiger partial charge >= 0.3 is 11.9 Å². The molecule has 17 heavy (non-hydrogen) atoms. The number of likely N-dealkylation sites (N-methyl/N-ethyl adjacent to an activating group) is 1. The molecule has 0 aliphatic rings. The number of hydrogen-bond acceptors (Lipinski definition) is 5. The SMILES string of the molecule is C=CC(=O)OCC.C=CC(=O)OCCN(C)C. The van der Waals surface area contributed by atoms with Crippen molar-refractivity contribution in [3.63, 3.8) is 0 Å². The van der Waals surface area contributed by atoms with Crippen LogP contribution in [-0.4, -0.2) is 50.7 Å². The highest BCUT2D eigenvalue weighted by atomic mass is 16.5.